The summed E-state index contributed by atoms with van der Waals surface area (Å²) >= 11 is 0. The van der Waals surface area contributed by atoms with Crippen molar-refractivity contribution in [1.29, 1.82) is 5.26 Å². The number of nitriles is 1. The standard InChI is InChI=1S/C22H24N4O3/c1-4-29-22(27)14(2)25-26-21-18(13-23)20(15-9-11-16(28-3)12-10-15)17-7-5-6-8-19(17)24-21/h9-12H,4-8H2,1-3H3,(H,24,26). The van der Waals surface area contributed by atoms with Crippen molar-refractivity contribution >= 4 is 17.5 Å². The smallest absolute Gasteiger partial charge is 0.354 e. The molecule has 0 bridgehead atoms. The van der Waals surface area contributed by atoms with Gasteiger partial charge in [0.1, 0.15) is 23.1 Å². The molecule has 1 aliphatic carbocycles. The second kappa shape index (κ2) is 9.20. The van der Waals surface area contributed by atoms with Gasteiger partial charge < -0.3 is 9.47 Å². The third kappa shape index (κ3) is 4.37. The van der Waals surface area contributed by atoms with E-state index in [1.54, 1.807) is 21.0 Å². The molecule has 1 heterocycles. The summed E-state index contributed by atoms with van der Waals surface area (Å²) in [7, 11) is 1.62. The van der Waals surface area contributed by atoms with Crippen molar-refractivity contribution in [2.75, 3.05) is 19.1 Å². The molecule has 1 aromatic heterocycles. The van der Waals surface area contributed by atoms with Gasteiger partial charge in [-0.05, 0) is 62.8 Å². The number of fused-ring (bicyclic) bond motifs is 1. The molecule has 0 saturated heterocycles. The largest absolute Gasteiger partial charge is 0.497 e. The number of hydrogen-bond acceptors (Lipinski definition) is 7. The highest BCUT2D eigenvalue weighted by Gasteiger charge is 2.23. The number of methoxy groups -OCH3 is 1. The van der Waals surface area contributed by atoms with Crippen molar-refractivity contribution < 1.29 is 14.3 Å². The molecule has 7 nitrogen and oxygen atoms in total. The summed E-state index contributed by atoms with van der Waals surface area (Å²) < 4.78 is 10.2. The molecule has 2 aromatic rings. The topological polar surface area (TPSA) is 96.6 Å². The molecule has 0 saturated carbocycles. The van der Waals surface area contributed by atoms with E-state index in [0.29, 0.717) is 11.4 Å². The van der Waals surface area contributed by atoms with Gasteiger partial charge in [-0.1, -0.05) is 12.1 Å². The second-order valence-corrected chi connectivity index (χ2v) is 6.71. The van der Waals surface area contributed by atoms with Crippen LogP contribution in [-0.4, -0.2) is 30.4 Å². The zero-order chi connectivity index (χ0) is 20.8. The number of benzene rings is 1. The SMILES string of the molecule is CCOC(=O)C(C)=NNc1nc2c(c(-c3ccc(OC)cc3)c1C#N)CCCC2. The fraction of sp³-hybridized carbons (Fsp3) is 0.364. The Kier molecular flexibility index (Phi) is 6.45. The average molecular weight is 392 g/mol. The molecule has 29 heavy (non-hydrogen) atoms. The number of carbonyl (C=O) groups excluding carboxylic acids is 1. The number of rotatable bonds is 6. The van der Waals surface area contributed by atoms with Gasteiger partial charge in [-0.25, -0.2) is 9.78 Å². The monoisotopic (exact) mass is 392 g/mol. The first-order valence-corrected chi connectivity index (χ1v) is 9.66. The van der Waals surface area contributed by atoms with Crippen LogP contribution in [0.4, 0.5) is 5.82 Å². The second-order valence-electron chi connectivity index (χ2n) is 6.71. The number of hydrazone groups is 1. The Morgan fingerprint density at radius 3 is 2.66 bits per heavy atom. The van der Waals surface area contributed by atoms with Crippen LogP contribution >= 0.6 is 0 Å². The van der Waals surface area contributed by atoms with Crippen LogP contribution in [0.5, 0.6) is 5.75 Å². The number of ether oxygens (including phenoxy) is 2. The zero-order valence-corrected chi connectivity index (χ0v) is 16.9. The van der Waals surface area contributed by atoms with Gasteiger partial charge in [-0.15, -0.1) is 0 Å². The fourth-order valence-electron chi connectivity index (χ4n) is 3.43. The van der Waals surface area contributed by atoms with Gasteiger partial charge in [-0.3, -0.25) is 5.43 Å². The van der Waals surface area contributed by atoms with Crippen molar-refractivity contribution in [2.45, 2.75) is 39.5 Å². The minimum Gasteiger partial charge on any atom is -0.497 e. The highest BCUT2D eigenvalue weighted by atomic mass is 16.5. The van der Waals surface area contributed by atoms with Crippen LogP contribution in [0.2, 0.25) is 0 Å². The van der Waals surface area contributed by atoms with Crippen LogP contribution in [0.1, 0.15) is 43.5 Å². The van der Waals surface area contributed by atoms with Crippen molar-refractivity contribution in [3.05, 3.63) is 41.1 Å². The highest BCUT2D eigenvalue weighted by Crippen LogP contribution is 2.37. The molecule has 0 amide bonds. The van der Waals surface area contributed by atoms with Crippen LogP contribution in [0.25, 0.3) is 11.1 Å². The Bertz CT molecular complexity index is 975. The van der Waals surface area contributed by atoms with E-state index in [2.05, 4.69) is 21.6 Å². The number of aromatic nitrogens is 1. The Labute approximate surface area is 170 Å². The van der Waals surface area contributed by atoms with E-state index in [-0.39, 0.29) is 12.3 Å². The molecule has 3 rings (SSSR count). The number of aryl methyl sites for hydroxylation is 1. The number of nitrogens with zero attached hydrogens (tertiary/aromatic N) is 3. The number of anilines is 1. The Morgan fingerprint density at radius 2 is 2.00 bits per heavy atom. The maximum atomic E-state index is 11.8. The summed E-state index contributed by atoms with van der Waals surface area (Å²) in [6.45, 7) is 3.56. The number of carbonyl (C=O) groups is 1. The predicted octanol–water partition coefficient (Wildman–Crippen LogP) is 3.86. The molecule has 0 spiro atoms. The molecule has 1 N–H and O–H groups in total. The van der Waals surface area contributed by atoms with E-state index < -0.39 is 5.97 Å². The molecule has 0 unspecified atom stereocenters. The Balaban J connectivity index is 2.09. The molecule has 0 radical (unpaired) electrons. The first kappa shape index (κ1) is 20.3. The van der Waals surface area contributed by atoms with Crippen LogP contribution in [0.3, 0.4) is 0 Å². The summed E-state index contributed by atoms with van der Waals surface area (Å²) in [6, 6.07) is 9.92. The molecule has 0 aliphatic heterocycles. The molecule has 0 fully saturated rings. The number of nitrogens with one attached hydrogen (secondary N) is 1. The summed E-state index contributed by atoms with van der Waals surface area (Å²) in [6.07, 6.45) is 3.84. The van der Waals surface area contributed by atoms with Gasteiger partial charge in [0, 0.05) is 11.3 Å². The van der Waals surface area contributed by atoms with Gasteiger partial charge in [-0.2, -0.15) is 10.4 Å². The molecule has 150 valence electrons. The molecule has 0 atom stereocenters. The lowest BCUT2D eigenvalue weighted by molar-refractivity contribution is -0.135. The predicted molar refractivity (Wildman–Crippen MR) is 111 cm³/mol. The maximum Gasteiger partial charge on any atom is 0.354 e. The van der Waals surface area contributed by atoms with Crippen LogP contribution in [-0.2, 0) is 22.4 Å². The third-order valence-electron chi connectivity index (χ3n) is 4.86. The van der Waals surface area contributed by atoms with Crippen molar-refractivity contribution in [1.82, 2.24) is 4.98 Å². The molecule has 7 heteroatoms. The van der Waals surface area contributed by atoms with Crippen molar-refractivity contribution in [2.24, 2.45) is 5.10 Å². The Morgan fingerprint density at radius 1 is 1.28 bits per heavy atom. The summed E-state index contributed by atoms with van der Waals surface area (Å²) in [5.41, 5.74) is 7.26. The minimum atomic E-state index is -0.508. The van der Waals surface area contributed by atoms with Gasteiger partial charge in [0.25, 0.3) is 0 Å². The first-order valence-electron chi connectivity index (χ1n) is 9.66. The van der Waals surface area contributed by atoms with Crippen LogP contribution in [0.15, 0.2) is 29.4 Å². The Hall–Kier alpha value is -3.40. The molecular weight excluding hydrogens is 368 g/mol. The highest BCUT2D eigenvalue weighted by molar-refractivity contribution is 6.35. The lowest BCUT2D eigenvalue weighted by Crippen LogP contribution is -2.17. The van der Waals surface area contributed by atoms with Crippen molar-refractivity contribution in [3.63, 3.8) is 0 Å². The number of esters is 1. The van der Waals surface area contributed by atoms with E-state index in [9.17, 15) is 10.1 Å². The molecule has 1 aliphatic rings. The zero-order valence-electron chi connectivity index (χ0n) is 16.9. The van der Waals surface area contributed by atoms with E-state index in [4.69, 9.17) is 9.47 Å². The summed E-state index contributed by atoms with van der Waals surface area (Å²) in [5.74, 6) is 0.595. The average Bonchev–Trinajstić information content (AvgIpc) is 2.76. The fourth-order valence-corrected chi connectivity index (χ4v) is 3.43. The van der Waals surface area contributed by atoms with Gasteiger partial charge in [0.2, 0.25) is 0 Å². The summed E-state index contributed by atoms with van der Waals surface area (Å²) in [4.78, 5) is 16.5. The number of pyridine rings is 1. The van der Waals surface area contributed by atoms with E-state index in [0.717, 1.165) is 53.8 Å². The van der Waals surface area contributed by atoms with Crippen LogP contribution < -0.4 is 10.2 Å². The maximum absolute atomic E-state index is 11.8. The quantitative estimate of drug-likeness (QED) is 0.455. The third-order valence-corrected chi connectivity index (χ3v) is 4.86. The molecular formula is C22H24N4O3. The normalized spacial score (nSPS) is 13.2. The van der Waals surface area contributed by atoms with Gasteiger partial charge in [0.15, 0.2) is 5.82 Å². The first-order chi connectivity index (χ1) is 14.1. The van der Waals surface area contributed by atoms with E-state index in [1.807, 2.05) is 24.3 Å². The van der Waals surface area contributed by atoms with Gasteiger partial charge >= 0.3 is 5.97 Å². The van der Waals surface area contributed by atoms with Crippen LogP contribution in [0, 0.1) is 11.3 Å². The lowest BCUT2D eigenvalue weighted by atomic mass is 9.86. The van der Waals surface area contributed by atoms with E-state index in [1.165, 1.54) is 0 Å². The molecule has 1 aromatic carbocycles. The minimum absolute atomic E-state index is 0.168. The van der Waals surface area contributed by atoms with Gasteiger partial charge in [0.05, 0.1) is 13.7 Å². The number of hydrogen-bond donors (Lipinski definition) is 1. The van der Waals surface area contributed by atoms with E-state index >= 15 is 0 Å². The summed E-state index contributed by atoms with van der Waals surface area (Å²) in [5, 5.41) is 14.0. The lowest BCUT2D eigenvalue weighted by Gasteiger charge is -2.22. The van der Waals surface area contributed by atoms with Crippen molar-refractivity contribution in [3.8, 4) is 22.9 Å².